The van der Waals surface area contributed by atoms with Crippen LogP contribution in [0.2, 0.25) is 0 Å². The van der Waals surface area contributed by atoms with E-state index in [1.54, 1.807) is 30.6 Å². The highest BCUT2D eigenvalue weighted by molar-refractivity contribution is 6.43. The molecule has 0 radical (unpaired) electrons. The number of nitrogens with one attached hydrogen (secondary N) is 1. The quantitative estimate of drug-likeness (QED) is 0.634. The summed E-state index contributed by atoms with van der Waals surface area (Å²) >= 11 is 0. The van der Waals surface area contributed by atoms with E-state index in [-0.39, 0.29) is 30.3 Å². The van der Waals surface area contributed by atoms with E-state index in [1.165, 1.54) is 4.57 Å². The topological polar surface area (TPSA) is 104 Å². The van der Waals surface area contributed by atoms with Gasteiger partial charge in [0.2, 0.25) is 5.91 Å². The van der Waals surface area contributed by atoms with Crippen molar-refractivity contribution < 1.29 is 14.8 Å². The second kappa shape index (κ2) is 8.07. The number of carbonyl (C=O) groups excluding carboxylic acids is 1. The van der Waals surface area contributed by atoms with Gasteiger partial charge in [-0.05, 0) is 30.5 Å². The van der Waals surface area contributed by atoms with Crippen LogP contribution in [0.5, 0.6) is 0 Å². The fraction of sp³-hybridized carbons (Fsp3) is 0.438. The molecule has 2 aromatic heterocycles. The third kappa shape index (κ3) is 4.66. The van der Waals surface area contributed by atoms with Gasteiger partial charge in [-0.2, -0.15) is 0 Å². The lowest BCUT2D eigenvalue weighted by molar-refractivity contribution is -0.121. The molecule has 0 aromatic carbocycles. The fourth-order valence-corrected chi connectivity index (χ4v) is 2.55. The second-order valence-electron chi connectivity index (χ2n) is 6.22. The molecule has 24 heavy (non-hydrogen) atoms. The second-order valence-corrected chi connectivity index (χ2v) is 6.22. The van der Waals surface area contributed by atoms with Gasteiger partial charge < -0.3 is 19.9 Å². The highest BCUT2D eigenvalue weighted by Gasteiger charge is 2.25. The number of amides is 1. The summed E-state index contributed by atoms with van der Waals surface area (Å²) in [7, 11) is -1.61. The lowest BCUT2D eigenvalue weighted by atomic mass is 9.75. The molecule has 8 heteroatoms. The summed E-state index contributed by atoms with van der Waals surface area (Å²) in [5, 5.41) is 21.8. The monoisotopic (exact) mass is 331 g/mol. The standard InChI is InChI=1S/C16H22BN3O4/c1-11(2)10-14(17(23)24)19-15(21)6-9-20-8-5-13-12(16(20)22)4-3-7-18-13/h3-5,7-8,11,14,23-24H,6,9-10H2,1-2H3,(H,19,21)/t14-/m0/s1. The molecule has 2 heterocycles. The molecule has 2 aromatic rings. The number of rotatable bonds is 7. The molecular formula is C16H22BN3O4. The zero-order valence-electron chi connectivity index (χ0n) is 13.8. The minimum absolute atomic E-state index is 0.0764. The predicted molar refractivity (Wildman–Crippen MR) is 92.2 cm³/mol. The highest BCUT2D eigenvalue weighted by Crippen LogP contribution is 2.07. The van der Waals surface area contributed by atoms with Gasteiger partial charge >= 0.3 is 7.12 Å². The molecular weight excluding hydrogens is 309 g/mol. The Morgan fingerprint density at radius 2 is 2.12 bits per heavy atom. The number of aryl methyl sites for hydroxylation is 1. The average Bonchev–Trinajstić information content (AvgIpc) is 2.53. The number of hydrogen-bond acceptors (Lipinski definition) is 5. The first-order valence-corrected chi connectivity index (χ1v) is 7.98. The Bertz CT molecular complexity index is 760. The largest absolute Gasteiger partial charge is 0.475 e. The third-order valence-corrected chi connectivity index (χ3v) is 3.75. The van der Waals surface area contributed by atoms with E-state index in [4.69, 9.17) is 0 Å². The summed E-state index contributed by atoms with van der Waals surface area (Å²) in [6, 6.07) is 5.12. The molecule has 0 spiro atoms. The lowest BCUT2D eigenvalue weighted by Crippen LogP contribution is -2.47. The van der Waals surface area contributed by atoms with E-state index in [0.717, 1.165) is 0 Å². The summed E-state index contributed by atoms with van der Waals surface area (Å²) in [5.41, 5.74) is 0.415. The Hall–Kier alpha value is -2.19. The van der Waals surface area contributed by atoms with Crippen LogP contribution in [-0.2, 0) is 11.3 Å². The molecule has 0 bridgehead atoms. The van der Waals surface area contributed by atoms with Crippen LogP contribution in [0.3, 0.4) is 0 Å². The summed E-state index contributed by atoms with van der Waals surface area (Å²) in [4.78, 5) is 28.5. The maximum absolute atomic E-state index is 12.3. The molecule has 0 aliphatic heterocycles. The van der Waals surface area contributed by atoms with Gasteiger partial charge in [0.15, 0.2) is 0 Å². The van der Waals surface area contributed by atoms with Crippen LogP contribution in [0.25, 0.3) is 10.9 Å². The molecule has 1 amide bonds. The third-order valence-electron chi connectivity index (χ3n) is 3.75. The number of nitrogens with zero attached hydrogens (tertiary/aromatic N) is 2. The van der Waals surface area contributed by atoms with E-state index in [0.29, 0.717) is 17.3 Å². The SMILES string of the molecule is CC(C)C[C@H](NC(=O)CCn1ccc2ncccc2c1=O)B(O)O. The summed E-state index contributed by atoms with van der Waals surface area (Å²) in [5.74, 6) is -0.824. The van der Waals surface area contributed by atoms with Crippen molar-refractivity contribution in [2.24, 2.45) is 5.92 Å². The molecule has 3 N–H and O–H groups in total. The molecule has 2 rings (SSSR count). The van der Waals surface area contributed by atoms with Gasteiger partial charge in [0.05, 0.1) is 16.8 Å². The molecule has 0 aliphatic carbocycles. The fourth-order valence-electron chi connectivity index (χ4n) is 2.55. The normalized spacial score (nSPS) is 12.4. The first kappa shape index (κ1) is 18.2. The highest BCUT2D eigenvalue weighted by atomic mass is 16.4. The number of carbonyl (C=O) groups is 1. The lowest BCUT2D eigenvalue weighted by Gasteiger charge is -2.19. The molecule has 0 aliphatic rings. The van der Waals surface area contributed by atoms with Crippen molar-refractivity contribution in [1.29, 1.82) is 0 Å². The minimum Gasteiger partial charge on any atom is -0.426 e. The predicted octanol–water partition coefficient (Wildman–Crippen LogP) is 0.330. The maximum atomic E-state index is 12.3. The average molecular weight is 331 g/mol. The van der Waals surface area contributed by atoms with Crippen LogP contribution in [0.4, 0.5) is 0 Å². The van der Waals surface area contributed by atoms with Crippen molar-refractivity contribution in [1.82, 2.24) is 14.9 Å². The van der Waals surface area contributed by atoms with Crippen molar-refractivity contribution in [2.75, 3.05) is 0 Å². The van der Waals surface area contributed by atoms with Gasteiger partial charge in [-0.1, -0.05) is 13.8 Å². The molecule has 0 saturated heterocycles. The van der Waals surface area contributed by atoms with E-state index in [2.05, 4.69) is 10.3 Å². The van der Waals surface area contributed by atoms with Crippen LogP contribution in [0.1, 0.15) is 26.7 Å². The van der Waals surface area contributed by atoms with Crippen LogP contribution in [-0.4, -0.2) is 38.6 Å². The van der Waals surface area contributed by atoms with Crippen molar-refractivity contribution in [3.8, 4) is 0 Å². The number of hydrogen-bond donors (Lipinski definition) is 3. The number of aromatic nitrogens is 2. The van der Waals surface area contributed by atoms with E-state index >= 15 is 0 Å². The molecule has 1 atom stereocenters. The molecule has 7 nitrogen and oxygen atoms in total. The Morgan fingerprint density at radius 1 is 1.38 bits per heavy atom. The molecule has 0 unspecified atom stereocenters. The summed E-state index contributed by atoms with van der Waals surface area (Å²) in [6.07, 6.45) is 3.77. The Kier molecular flexibility index (Phi) is 6.11. The molecule has 0 saturated carbocycles. The first-order chi connectivity index (χ1) is 11.4. The van der Waals surface area contributed by atoms with Gasteiger partial charge in [-0.3, -0.25) is 14.6 Å². The zero-order chi connectivity index (χ0) is 17.7. The van der Waals surface area contributed by atoms with Gasteiger partial charge in [0.1, 0.15) is 0 Å². The van der Waals surface area contributed by atoms with Crippen molar-refractivity contribution in [3.05, 3.63) is 40.9 Å². The maximum Gasteiger partial charge on any atom is 0.475 e. The molecule has 0 fully saturated rings. The number of fused-ring (bicyclic) bond motifs is 1. The van der Waals surface area contributed by atoms with Crippen LogP contribution >= 0.6 is 0 Å². The van der Waals surface area contributed by atoms with Crippen molar-refractivity contribution in [3.63, 3.8) is 0 Å². The Balaban J connectivity index is 2.01. The van der Waals surface area contributed by atoms with Crippen LogP contribution < -0.4 is 10.9 Å². The van der Waals surface area contributed by atoms with Gasteiger partial charge in [0, 0.05) is 25.4 Å². The number of pyridine rings is 2. The van der Waals surface area contributed by atoms with E-state index < -0.39 is 13.1 Å². The summed E-state index contributed by atoms with van der Waals surface area (Å²) < 4.78 is 1.45. The molecule has 128 valence electrons. The van der Waals surface area contributed by atoms with Crippen molar-refractivity contribution >= 4 is 23.9 Å². The Labute approximate surface area is 140 Å². The van der Waals surface area contributed by atoms with Gasteiger partial charge in [-0.25, -0.2) is 0 Å². The van der Waals surface area contributed by atoms with E-state index in [9.17, 15) is 19.6 Å². The first-order valence-electron chi connectivity index (χ1n) is 7.98. The minimum atomic E-state index is -1.61. The van der Waals surface area contributed by atoms with Crippen LogP contribution in [0, 0.1) is 5.92 Å². The van der Waals surface area contributed by atoms with Gasteiger partial charge in [-0.15, -0.1) is 0 Å². The Morgan fingerprint density at radius 3 is 2.79 bits per heavy atom. The smallest absolute Gasteiger partial charge is 0.426 e. The van der Waals surface area contributed by atoms with Gasteiger partial charge in [0.25, 0.3) is 5.56 Å². The van der Waals surface area contributed by atoms with Crippen LogP contribution in [0.15, 0.2) is 35.4 Å². The van der Waals surface area contributed by atoms with E-state index in [1.807, 2.05) is 13.8 Å². The summed E-state index contributed by atoms with van der Waals surface area (Å²) in [6.45, 7) is 4.08. The van der Waals surface area contributed by atoms with Crippen molar-refractivity contribution in [2.45, 2.75) is 39.2 Å². The zero-order valence-corrected chi connectivity index (χ0v) is 13.8.